The van der Waals surface area contributed by atoms with Gasteiger partial charge in [0, 0.05) is 10.6 Å². The van der Waals surface area contributed by atoms with Gasteiger partial charge in [-0.15, -0.1) is 0 Å². The molecule has 7 heteroatoms. The molecule has 0 saturated heterocycles. The Morgan fingerprint density at radius 1 is 1.24 bits per heavy atom. The normalized spacial score (nSPS) is 11.7. The van der Waals surface area contributed by atoms with Gasteiger partial charge < -0.3 is 10.9 Å². The zero-order valence-electron chi connectivity index (χ0n) is 11.4. The second-order valence-corrected chi connectivity index (χ2v) is 5.49. The molecule has 110 valence electrons. The van der Waals surface area contributed by atoms with E-state index >= 15 is 0 Å². The highest BCUT2D eigenvalue weighted by atomic mass is 32.2. The second kappa shape index (κ2) is 6.09. The molecule has 3 N–H and O–H groups in total. The number of nitrogens with two attached hydrogens (primary N) is 1. The number of hydrogen-bond acceptors (Lipinski definition) is 4. The molecular weight excluding hydrogens is 296 g/mol. The van der Waals surface area contributed by atoms with E-state index in [2.05, 4.69) is 10.1 Å². The molecular formula is C14H13F2N3OS. The number of amidine groups is 1. The Morgan fingerprint density at radius 3 is 2.57 bits per heavy atom. The zero-order chi connectivity index (χ0) is 15.6. The van der Waals surface area contributed by atoms with Crippen LogP contribution in [0.25, 0.3) is 0 Å². The monoisotopic (exact) mass is 309 g/mol. The summed E-state index contributed by atoms with van der Waals surface area (Å²) in [6, 6.07) is 5.36. The lowest BCUT2D eigenvalue weighted by atomic mass is 10.1. The van der Waals surface area contributed by atoms with Crippen molar-refractivity contribution in [1.82, 2.24) is 4.98 Å². The minimum Gasteiger partial charge on any atom is -0.409 e. The van der Waals surface area contributed by atoms with Gasteiger partial charge in [-0.3, -0.25) is 0 Å². The smallest absolute Gasteiger partial charge is 0.173 e. The molecule has 0 saturated carbocycles. The van der Waals surface area contributed by atoms with Crippen LogP contribution in [0.15, 0.2) is 39.3 Å². The average molecular weight is 309 g/mol. The first-order chi connectivity index (χ1) is 9.92. The van der Waals surface area contributed by atoms with Gasteiger partial charge in [0.2, 0.25) is 0 Å². The first-order valence-electron chi connectivity index (χ1n) is 6.01. The maximum absolute atomic E-state index is 13.3. The number of oxime groups is 1. The lowest BCUT2D eigenvalue weighted by Gasteiger charge is -2.11. The van der Waals surface area contributed by atoms with E-state index < -0.39 is 11.6 Å². The molecule has 4 nitrogen and oxygen atoms in total. The van der Waals surface area contributed by atoms with E-state index in [-0.39, 0.29) is 5.84 Å². The first kappa shape index (κ1) is 15.2. The Hall–Kier alpha value is -2.15. The fourth-order valence-corrected chi connectivity index (χ4v) is 2.97. The van der Waals surface area contributed by atoms with E-state index in [0.717, 1.165) is 35.2 Å². The van der Waals surface area contributed by atoms with Crippen molar-refractivity contribution < 1.29 is 14.0 Å². The van der Waals surface area contributed by atoms with E-state index in [1.165, 1.54) is 6.07 Å². The number of benzene rings is 1. The summed E-state index contributed by atoms with van der Waals surface area (Å²) in [7, 11) is 0. The molecule has 0 unspecified atom stereocenters. The molecule has 1 heterocycles. The van der Waals surface area contributed by atoms with E-state index in [0.29, 0.717) is 15.5 Å². The van der Waals surface area contributed by atoms with Crippen molar-refractivity contribution in [1.29, 1.82) is 0 Å². The SMILES string of the molecule is Cc1cc(C)c(C(N)=NO)c(Sc2ccc(F)c(F)c2)n1. The van der Waals surface area contributed by atoms with E-state index in [1.54, 1.807) is 19.9 Å². The standard InChI is InChI=1S/C14H13F2N3OS/c1-7-5-8(2)18-14(12(7)13(17)19-20)21-9-3-4-10(15)11(16)6-9/h3-6,20H,1-2H3,(H2,17,19). The Kier molecular flexibility index (Phi) is 4.42. The van der Waals surface area contributed by atoms with Crippen molar-refractivity contribution in [3.05, 3.63) is 52.7 Å². The molecule has 2 aromatic rings. The fourth-order valence-electron chi connectivity index (χ4n) is 1.89. The van der Waals surface area contributed by atoms with Crippen LogP contribution in [0.4, 0.5) is 8.78 Å². The second-order valence-electron chi connectivity index (χ2n) is 4.42. The Balaban J connectivity index is 2.50. The summed E-state index contributed by atoms with van der Waals surface area (Å²) in [6.45, 7) is 3.61. The molecule has 0 aliphatic heterocycles. The molecule has 0 spiro atoms. The van der Waals surface area contributed by atoms with E-state index in [1.807, 2.05) is 0 Å². The van der Waals surface area contributed by atoms with Gasteiger partial charge in [-0.1, -0.05) is 16.9 Å². The third-order valence-corrected chi connectivity index (χ3v) is 3.76. The molecule has 0 fully saturated rings. The molecule has 1 aromatic heterocycles. The van der Waals surface area contributed by atoms with Crippen LogP contribution < -0.4 is 5.73 Å². The largest absolute Gasteiger partial charge is 0.409 e. The van der Waals surface area contributed by atoms with Crippen LogP contribution in [-0.4, -0.2) is 16.0 Å². The Labute approximate surface area is 124 Å². The van der Waals surface area contributed by atoms with Crippen LogP contribution >= 0.6 is 11.8 Å². The molecule has 0 aliphatic carbocycles. The number of rotatable bonds is 3. The summed E-state index contributed by atoms with van der Waals surface area (Å²) >= 11 is 1.12. The highest BCUT2D eigenvalue weighted by molar-refractivity contribution is 7.99. The van der Waals surface area contributed by atoms with Gasteiger partial charge >= 0.3 is 0 Å². The molecule has 2 rings (SSSR count). The number of aryl methyl sites for hydroxylation is 2. The van der Waals surface area contributed by atoms with Crippen LogP contribution in [0.1, 0.15) is 16.8 Å². The summed E-state index contributed by atoms with van der Waals surface area (Å²) in [5, 5.41) is 12.3. The molecule has 0 aliphatic rings. The number of nitrogens with zero attached hydrogens (tertiary/aromatic N) is 2. The third kappa shape index (κ3) is 3.30. The molecule has 0 amide bonds. The van der Waals surface area contributed by atoms with Gasteiger partial charge in [0.05, 0.1) is 5.56 Å². The van der Waals surface area contributed by atoms with Crippen molar-refractivity contribution in [2.24, 2.45) is 10.9 Å². The van der Waals surface area contributed by atoms with Crippen molar-refractivity contribution in [2.75, 3.05) is 0 Å². The lowest BCUT2D eigenvalue weighted by molar-refractivity contribution is 0.318. The minimum atomic E-state index is -0.935. The number of pyridine rings is 1. The minimum absolute atomic E-state index is 0.0786. The first-order valence-corrected chi connectivity index (χ1v) is 6.83. The van der Waals surface area contributed by atoms with Crippen molar-refractivity contribution in [3.63, 3.8) is 0 Å². The lowest BCUT2D eigenvalue weighted by Crippen LogP contribution is -2.17. The molecule has 0 atom stereocenters. The summed E-state index contributed by atoms with van der Waals surface area (Å²) < 4.78 is 26.2. The molecule has 21 heavy (non-hydrogen) atoms. The topological polar surface area (TPSA) is 71.5 Å². The highest BCUT2D eigenvalue weighted by Crippen LogP contribution is 2.31. The summed E-state index contributed by atoms with van der Waals surface area (Å²) in [5.74, 6) is -1.93. The zero-order valence-corrected chi connectivity index (χ0v) is 12.2. The maximum Gasteiger partial charge on any atom is 0.173 e. The quantitative estimate of drug-likeness (QED) is 0.395. The van der Waals surface area contributed by atoms with Crippen LogP contribution in [0.3, 0.4) is 0 Å². The predicted molar refractivity (Wildman–Crippen MR) is 76.7 cm³/mol. The van der Waals surface area contributed by atoms with Crippen LogP contribution in [-0.2, 0) is 0 Å². The van der Waals surface area contributed by atoms with Gasteiger partial charge in [-0.2, -0.15) is 0 Å². The Morgan fingerprint density at radius 2 is 1.95 bits per heavy atom. The predicted octanol–water partition coefficient (Wildman–Crippen LogP) is 3.22. The molecule has 0 radical (unpaired) electrons. The van der Waals surface area contributed by atoms with Crippen LogP contribution in [0, 0.1) is 25.5 Å². The van der Waals surface area contributed by atoms with Crippen LogP contribution in [0.2, 0.25) is 0 Å². The number of hydrogen-bond donors (Lipinski definition) is 2. The Bertz CT molecular complexity index is 720. The van der Waals surface area contributed by atoms with Gasteiger partial charge in [-0.05, 0) is 43.7 Å². The van der Waals surface area contributed by atoms with E-state index in [4.69, 9.17) is 10.9 Å². The maximum atomic E-state index is 13.3. The van der Waals surface area contributed by atoms with Gasteiger partial charge in [-0.25, -0.2) is 13.8 Å². The summed E-state index contributed by atoms with van der Waals surface area (Å²) in [5.41, 5.74) is 7.66. The third-order valence-electron chi connectivity index (χ3n) is 2.78. The molecule has 0 bridgehead atoms. The molecule has 1 aromatic carbocycles. The van der Waals surface area contributed by atoms with Gasteiger partial charge in [0.1, 0.15) is 5.03 Å². The van der Waals surface area contributed by atoms with Crippen LogP contribution in [0.5, 0.6) is 0 Å². The van der Waals surface area contributed by atoms with Crippen molar-refractivity contribution in [3.8, 4) is 0 Å². The fraction of sp³-hybridized carbons (Fsp3) is 0.143. The van der Waals surface area contributed by atoms with Gasteiger partial charge in [0.25, 0.3) is 0 Å². The summed E-state index contributed by atoms with van der Waals surface area (Å²) in [6.07, 6.45) is 0. The van der Waals surface area contributed by atoms with Crippen molar-refractivity contribution in [2.45, 2.75) is 23.8 Å². The summed E-state index contributed by atoms with van der Waals surface area (Å²) in [4.78, 5) is 4.80. The van der Waals surface area contributed by atoms with E-state index in [9.17, 15) is 8.78 Å². The van der Waals surface area contributed by atoms with Crippen molar-refractivity contribution >= 4 is 17.6 Å². The van der Waals surface area contributed by atoms with Gasteiger partial charge in [0.15, 0.2) is 17.5 Å². The highest BCUT2D eigenvalue weighted by Gasteiger charge is 2.15. The number of halogens is 2. The average Bonchev–Trinajstić information content (AvgIpc) is 2.41. The number of aromatic nitrogens is 1.